The summed E-state index contributed by atoms with van der Waals surface area (Å²) in [4.78, 5) is 11.8. The molecule has 0 saturated carbocycles. The first-order chi connectivity index (χ1) is 11.4. The van der Waals surface area contributed by atoms with E-state index in [1.807, 2.05) is 13.0 Å². The van der Waals surface area contributed by atoms with Gasteiger partial charge in [0.05, 0.1) is 0 Å². The molecule has 0 aliphatic heterocycles. The number of hydrogen-bond acceptors (Lipinski definition) is 6. The van der Waals surface area contributed by atoms with Crippen molar-refractivity contribution in [1.82, 2.24) is 24.6 Å². The van der Waals surface area contributed by atoms with Gasteiger partial charge in [-0.25, -0.2) is 9.97 Å². The summed E-state index contributed by atoms with van der Waals surface area (Å²) in [5.74, 6) is 1.35. The molecule has 24 heavy (non-hydrogen) atoms. The van der Waals surface area contributed by atoms with Crippen molar-refractivity contribution in [3.05, 3.63) is 42.0 Å². The highest BCUT2D eigenvalue weighted by Gasteiger charge is 2.32. The van der Waals surface area contributed by atoms with Crippen LogP contribution in [0.25, 0.3) is 5.78 Å². The van der Waals surface area contributed by atoms with E-state index in [1.54, 1.807) is 4.52 Å². The third kappa shape index (κ3) is 3.53. The summed E-state index contributed by atoms with van der Waals surface area (Å²) in [7, 11) is 0. The van der Waals surface area contributed by atoms with Crippen LogP contribution in [0.15, 0.2) is 30.6 Å². The van der Waals surface area contributed by atoms with Gasteiger partial charge >= 0.3 is 6.18 Å². The number of nitrogens with one attached hydrogen (secondary N) is 2. The second kappa shape index (κ2) is 6.30. The van der Waals surface area contributed by atoms with E-state index in [-0.39, 0.29) is 5.82 Å². The standard InChI is InChI=1S/C14H14F3N7/c1-9-7-12(24-13(22-9)20-8-21-24)19-6-5-18-11-4-2-3-10(23-11)14(15,16)17/h2-4,7-8,19H,5-6H2,1H3,(H,18,23). The summed E-state index contributed by atoms with van der Waals surface area (Å²) in [6.07, 6.45) is -3.05. The Morgan fingerprint density at radius 1 is 1.12 bits per heavy atom. The molecular weight excluding hydrogens is 323 g/mol. The van der Waals surface area contributed by atoms with E-state index < -0.39 is 11.9 Å². The number of pyridine rings is 1. The molecule has 10 heteroatoms. The highest BCUT2D eigenvalue weighted by molar-refractivity contribution is 5.45. The van der Waals surface area contributed by atoms with Crippen LogP contribution in [0, 0.1) is 6.92 Å². The first kappa shape index (κ1) is 16.0. The summed E-state index contributed by atoms with van der Waals surface area (Å²) >= 11 is 0. The first-order valence-electron chi connectivity index (χ1n) is 7.13. The fourth-order valence-corrected chi connectivity index (χ4v) is 2.13. The molecule has 3 aromatic rings. The molecule has 0 amide bonds. The maximum absolute atomic E-state index is 12.6. The lowest BCUT2D eigenvalue weighted by molar-refractivity contribution is -0.141. The number of fused-ring (bicyclic) bond motifs is 1. The van der Waals surface area contributed by atoms with Gasteiger partial charge in [0.1, 0.15) is 23.7 Å². The number of halogens is 3. The van der Waals surface area contributed by atoms with Crippen molar-refractivity contribution in [3.63, 3.8) is 0 Å². The number of aryl methyl sites for hydroxylation is 1. The lowest BCUT2D eigenvalue weighted by atomic mass is 10.3. The van der Waals surface area contributed by atoms with Crippen LogP contribution in [0.1, 0.15) is 11.4 Å². The van der Waals surface area contributed by atoms with Gasteiger partial charge in [0.25, 0.3) is 5.78 Å². The van der Waals surface area contributed by atoms with Crippen molar-refractivity contribution in [2.45, 2.75) is 13.1 Å². The van der Waals surface area contributed by atoms with Gasteiger partial charge in [-0.2, -0.15) is 27.8 Å². The van der Waals surface area contributed by atoms with Crippen LogP contribution in [0.5, 0.6) is 0 Å². The largest absolute Gasteiger partial charge is 0.433 e. The zero-order valence-electron chi connectivity index (χ0n) is 12.7. The van der Waals surface area contributed by atoms with Crippen molar-refractivity contribution in [2.24, 2.45) is 0 Å². The van der Waals surface area contributed by atoms with E-state index in [9.17, 15) is 13.2 Å². The van der Waals surface area contributed by atoms with Gasteiger partial charge in [-0.1, -0.05) is 6.07 Å². The Hall–Kier alpha value is -2.91. The zero-order chi connectivity index (χ0) is 17.2. The second-order valence-corrected chi connectivity index (χ2v) is 5.01. The van der Waals surface area contributed by atoms with Crippen LogP contribution in [-0.2, 0) is 6.18 Å². The minimum atomic E-state index is -4.46. The molecular formula is C14H14F3N7. The van der Waals surface area contributed by atoms with Crippen LogP contribution >= 0.6 is 0 Å². The van der Waals surface area contributed by atoms with Gasteiger partial charge < -0.3 is 10.6 Å². The molecule has 0 aromatic carbocycles. The predicted molar refractivity (Wildman–Crippen MR) is 81.7 cm³/mol. The summed E-state index contributed by atoms with van der Waals surface area (Å²) in [6.45, 7) is 2.67. The topological polar surface area (TPSA) is 80.0 Å². The lowest BCUT2D eigenvalue weighted by Gasteiger charge is -2.11. The highest BCUT2D eigenvalue weighted by atomic mass is 19.4. The SMILES string of the molecule is Cc1cc(NCCNc2cccc(C(F)(F)F)n2)n2ncnc2n1. The Labute approximate surface area is 135 Å². The number of anilines is 2. The Balaban J connectivity index is 1.60. The van der Waals surface area contributed by atoms with E-state index in [0.717, 1.165) is 11.8 Å². The molecule has 0 aliphatic rings. The van der Waals surface area contributed by atoms with Crippen LogP contribution < -0.4 is 10.6 Å². The van der Waals surface area contributed by atoms with Crippen molar-refractivity contribution in [2.75, 3.05) is 23.7 Å². The fourth-order valence-electron chi connectivity index (χ4n) is 2.13. The molecule has 0 fully saturated rings. The molecule has 3 rings (SSSR count). The molecule has 0 atom stereocenters. The minimum absolute atomic E-state index is 0.170. The molecule has 0 radical (unpaired) electrons. The zero-order valence-corrected chi connectivity index (χ0v) is 12.7. The third-order valence-electron chi connectivity index (χ3n) is 3.16. The average molecular weight is 337 g/mol. The Morgan fingerprint density at radius 2 is 1.92 bits per heavy atom. The molecule has 0 saturated heterocycles. The van der Waals surface area contributed by atoms with Crippen molar-refractivity contribution < 1.29 is 13.2 Å². The minimum Gasteiger partial charge on any atom is -0.368 e. The number of rotatable bonds is 5. The fraction of sp³-hybridized carbons (Fsp3) is 0.286. The van der Waals surface area contributed by atoms with Crippen LogP contribution in [0.3, 0.4) is 0 Å². The Morgan fingerprint density at radius 3 is 2.71 bits per heavy atom. The summed E-state index contributed by atoms with van der Waals surface area (Å²) < 4.78 is 39.4. The van der Waals surface area contributed by atoms with Gasteiger partial charge in [0.15, 0.2) is 0 Å². The van der Waals surface area contributed by atoms with E-state index in [0.29, 0.717) is 24.7 Å². The second-order valence-electron chi connectivity index (χ2n) is 5.01. The van der Waals surface area contributed by atoms with Gasteiger partial charge in [-0.05, 0) is 19.1 Å². The summed E-state index contributed by atoms with van der Waals surface area (Å²) in [6, 6.07) is 5.55. The van der Waals surface area contributed by atoms with Crippen molar-refractivity contribution in [1.29, 1.82) is 0 Å². The van der Waals surface area contributed by atoms with E-state index in [4.69, 9.17) is 0 Å². The van der Waals surface area contributed by atoms with Crippen LogP contribution in [0.4, 0.5) is 24.8 Å². The molecule has 126 valence electrons. The Kier molecular flexibility index (Phi) is 4.19. The number of hydrogen-bond donors (Lipinski definition) is 2. The van der Waals surface area contributed by atoms with Crippen molar-refractivity contribution >= 4 is 17.4 Å². The maximum Gasteiger partial charge on any atom is 0.433 e. The summed E-state index contributed by atoms with van der Waals surface area (Å²) in [5.41, 5.74) is -0.139. The monoisotopic (exact) mass is 337 g/mol. The van der Waals surface area contributed by atoms with Crippen LogP contribution in [0.2, 0.25) is 0 Å². The van der Waals surface area contributed by atoms with Gasteiger partial charge in [0, 0.05) is 24.8 Å². The molecule has 0 spiro atoms. The number of alkyl halides is 3. The van der Waals surface area contributed by atoms with Gasteiger partial charge in [0.2, 0.25) is 0 Å². The van der Waals surface area contributed by atoms with E-state index in [1.165, 1.54) is 18.5 Å². The quantitative estimate of drug-likeness (QED) is 0.696. The molecule has 0 unspecified atom stereocenters. The van der Waals surface area contributed by atoms with E-state index in [2.05, 4.69) is 30.7 Å². The molecule has 7 nitrogen and oxygen atoms in total. The highest BCUT2D eigenvalue weighted by Crippen LogP contribution is 2.28. The maximum atomic E-state index is 12.6. The van der Waals surface area contributed by atoms with Crippen LogP contribution in [-0.4, -0.2) is 37.7 Å². The normalized spacial score (nSPS) is 11.7. The third-order valence-corrected chi connectivity index (χ3v) is 3.16. The molecule has 3 heterocycles. The van der Waals surface area contributed by atoms with Gasteiger partial charge in [-0.15, -0.1) is 0 Å². The number of nitrogens with zero attached hydrogens (tertiary/aromatic N) is 5. The molecule has 0 aliphatic carbocycles. The summed E-state index contributed by atoms with van der Waals surface area (Å²) in [5, 5.41) is 10.0. The van der Waals surface area contributed by atoms with Crippen molar-refractivity contribution in [3.8, 4) is 0 Å². The molecule has 2 N–H and O–H groups in total. The predicted octanol–water partition coefficient (Wildman–Crippen LogP) is 2.37. The van der Waals surface area contributed by atoms with Gasteiger partial charge in [-0.3, -0.25) is 0 Å². The Bertz CT molecular complexity index is 844. The lowest BCUT2D eigenvalue weighted by Crippen LogP contribution is -2.17. The van der Waals surface area contributed by atoms with E-state index >= 15 is 0 Å². The average Bonchev–Trinajstić information content (AvgIpc) is 2.99. The smallest absolute Gasteiger partial charge is 0.368 e. The number of aromatic nitrogens is 5. The first-order valence-corrected chi connectivity index (χ1v) is 7.13. The molecule has 3 aromatic heterocycles. The molecule has 0 bridgehead atoms.